The molecule has 1 aliphatic rings. The molecule has 1 aliphatic heterocycles. The maximum atomic E-state index is 13.5. The van der Waals surface area contributed by atoms with E-state index in [9.17, 15) is 18.4 Å². The fourth-order valence-electron chi connectivity index (χ4n) is 2.87. The highest BCUT2D eigenvalue weighted by Crippen LogP contribution is 2.21. The Bertz CT molecular complexity index is 803. The minimum absolute atomic E-state index is 0.311. The topological polar surface area (TPSA) is 61.4 Å². The summed E-state index contributed by atoms with van der Waals surface area (Å²) in [4.78, 5) is 26.1. The number of anilines is 2. The van der Waals surface area contributed by atoms with Crippen molar-refractivity contribution in [2.24, 2.45) is 0 Å². The number of hydrogen-bond acceptors (Lipinski definition) is 3. The maximum Gasteiger partial charge on any atom is 0.254 e. The van der Waals surface area contributed by atoms with Crippen molar-refractivity contribution in [3.8, 4) is 0 Å². The van der Waals surface area contributed by atoms with Crippen molar-refractivity contribution in [2.45, 2.75) is 12.8 Å². The summed E-state index contributed by atoms with van der Waals surface area (Å²) in [5.41, 5.74) is 1.41. The van der Waals surface area contributed by atoms with Gasteiger partial charge in [-0.05, 0) is 49.2 Å². The summed E-state index contributed by atoms with van der Waals surface area (Å²) in [7, 11) is 0. The second kappa shape index (κ2) is 7.95. The van der Waals surface area contributed by atoms with Gasteiger partial charge < -0.3 is 15.5 Å². The first-order valence-corrected chi connectivity index (χ1v) is 8.41. The molecule has 1 heterocycles. The standard InChI is InChI=1S/C19H19F2N3O2/c20-13-3-8-16(17(21)11-13)19(26)22-12-18(25)23-14-4-6-15(7-5-14)24-9-1-2-10-24/h3-8,11H,1-2,9-10,12H2,(H,22,26)(H,23,25). The van der Waals surface area contributed by atoms with Crippen LogP contribution in [0.5, 0.6) is 0 Å². The molecular weight excluding hydrogens is 340 g/mol. The van der Waals surface area contributed by atoms with Crippen LogP contribution in [0.2, 0.25) is 0 Å². The minimum atomic E-state index is -0.972. The van der Waals surface area contributed by atoms with Crippen LogP contribution in [0.1, 0.15) is 23.2 Å². The number of amides is 2. The van der Waals surface area contributed by atoms with Crippen LogP contribution in [-0.2, 0) is 4.79 Å². The monoisotopic (exact) mass is 359 g/mol. The van der Waals surface area contributed by atoms with Gasteiger partial charge in [0.1, 0.15) is 11.6 Å². The Balaban J connectivity index is 1.51. The van der Waals surface area contributed by atoms with Crippen molar-refractivity contribution < 1.29 is 18.4 Å². The first kappa shape index (κ1) is 17.8. The molecule has 0 spiro atoms. The van der Waals surface area contributed by atoms with E-state index in [-0.39, 0.29) is 12.1 Å². The lowest BCUT2D eigenvalue weighted by molar-refractivity contribution is -0.115. The molecule has 0 saturated carbocycles. The Morgan fingerprint density at radius 2 is 1.69 bits per heavy atom. The average Bonchev–Trinajstić information content (AvgIpc) is 3.15. The molecular formula is C19H19F2N3O2. The van der Waals surface area contributed by atoms with Crippen LogP contribution in [0, 0.1) is 11.6 Å². The van der Waals surface area contributed by atoms with Gasteiger partial charge in [0.25, 0.3) is 5.91 Å². The first-order chi connectivity index (χ1) is 12.5. The molecule has 0 atom stereocenters. The lowest BCUT2D eigenvalue weighted by Gasteiger charge is -2.17. The van der Waals surface area contributed by atoms with Crippen LogP contribution < -0.4 is 15.5 Å². The van der Waals surface area contributed by atoms with Crippen LogP contribution in [-0.4, -0.2) is 31.4 Å². The smallest absolute Gasteiger partial charge is 0.254 e. The van der Waals surface area contributed by atoms with E-state index in [1.807, 2.05) is 12.1 Å². The molecule has 2 N–H and O–H groups in total. The average molecular weight is 359 g/mol. The summed E-state index contributed by atoms with van der Waals surface area (Å²) in [5, 5.41) is 4.98. The van der Waals surface area contributed by atoms with E-state index in [0.29, 0.717) is 11.8 Å². The van der Waals surface area contributed by atoms with E-state index in [1.165, 1.54) is 12.8 Å². The van der Waals surface area contributed by atoms with Crippen LogP contribution >= 0.6 is 0 Å². The van der Waals surface area contributed by atoms with Gasteiger partial charge in [-0.1, -0.05) is 0 Å². The molecule has 0 unspecified atom stereocenters. The summed E-state index contributed by atoms with van der Waals surface area (Å²) >= 11 is 0. The molecule has 1 saturated heterocycles. The normalized spacial score (nSPS) is 13.5. The zero-order chi connectivity index (χ0) is 18.5. The van der Waals surface area contributed by atoms with Gasteiger partial charge in [0.2, 0.25) is 5.91 Å². The number of rotatable bonds is 5. The fraction of sp³-hybridized carbons (Fsp3) is 0.263. The molecule has 136 valence electrons. The van der Waals surface area contributed by atoms with Crippen molar-refractivity contribution in [3.05, 3.63) is 59.7 Å². The molecule has 2 aromatic carbocycles. The number of halogens is 2. The summed E-state index contributed by atoms with van der Waals surface area (Å²) < 4.78 is 26.4. The predicted molar refractivity (Wildman–Crippen MR) is 95.2 cm³/mol. The predicted octanol–water partition coefficient (Wildman–Crippen LogP) is 2.93. The number of carbonyl (C=O) groups excluding carboxylic acids is 2. The highest BCUT2D eigenvalue weighted by atomic mass is 19.1. The molecule has 0 bridgehead atoms. The van der Waals surface area contributed by atoms with E-state index in [4.69, 9.17) is 0 Å². The molecule has 0 radical (unpaired) electrons. The quantitative estimate of drug-likeness (QED) is 0.863. The molecule has 1 fully saturated rings. The zero-order valence-corrected chi connectivity index (χ0v) is 14.1. The Morgan fingerprint density at radius 1 is 1.00 bits per heavy atom. The molecule has 2 amide bonds. The van der Waals surface area contributed by atoms with Crippen molar-refractivity contribution in [3.63, 3.8) is 0 Å². The van der Waals surface area contributed by atoms with Crippen molar-refractivity contribution in [2.75, 3.05) is 29.9 Å². The van der Waals surface area contributed by atoms with Gasteiger partial charge in [-0.15, -0.1) is 0 Å². The third-order valence-corrected chi connectivity index (χ3v) is 4.21. The zero-order valence-electron chi connectivity index (χ0n) is 14.1. The molecule has 0 aromatic heterocycles. The molecule has 7 heteroatoms. The third kappa shape index (κ3) is 4.36. The van der Waals surface area contributed by atoms with E-state index >= 15 is 0 Å². The number of nitrogens with zero attached hydrogens (tertiary/aromatic N) is 1. The Labute approximate surface area is 150 Å². The number of carbonyl (C=O) groups is 2. The highest BCUT2D eigenvalue weighted by molar-refractivity contribution is 5.99. The molecule has 26 heavy (non-hydrogen) atoms. The summed E-state index contributed by atoms with van der Waals surface area (Å²) in [6, 6.07) is 10.1. The van der Waals surface area contributed by atoms with Crippen LogP contribution in [0.15, 0.2) is 42.5 Å². The lowest BCUT2D eigenvalue weighted by Crippen LogP contribution is -2.33. The van der Waals surface area contributed by atoms with Gasteiger partial charge in [0, 0.05) is 30.5 Å². The highest BCUT2D eigenvalue weighted by Gasteiger charge is 2.14. The van der Waals surface area contributed by atoms with Crippen molar-refractivity contribution in [1.82, 2.24) is 5.32 Å². The molecule has 5 nitrogen and oxygen atoms in total. The maximum absolute atomic E-state index is 13.5. The minimum Gasteiger partial charge on any atom is -0.372 e. The fourth-order valence-corrected chi connectivity index (χ4v) is 2.87. The van der Waals surface area contributed by atoms with Crippen molar-refractivity contribution in [1.29, 1.82) is 0 Å². The Morgan fingerprint density at radius 3 is 2.35 bits per heavy atom. The molecule has 2 aromatic rings. The number of benzene rings is 2. The summed E-state index contributed by atoms with van der Waals surface area (Å²) in [6.07, 6.45) is 2.37. The largest absolute Gasteiger partial charge is 0.372 e. The molecule has 3 rings (SSSR count). The van der Waals surface area contributed by atoms with Gasteiger partial charge in [0.15, 0.2) is 0 Å². The van der Waals surface area contributed by atoms with Gasteiger partial charge in [0.05, 0.1) is 12.1 Å². The van der Waals surface area contributed by atoms with E-state index < -0.39 is 23.4 Å². The van der Waals surface area contributed by atoms with E-state index in [0.717, 1.165) is 30.9 Å². The van der Waals surface area contributed by atoms with Gasteiger partial charge in [-0.25, -0.2) is 8.78 Å². The Hall–Kier alpha value is -2.96. The van der Waals surface area contributed by atoms with Gasteiger partial charge >= 0.3 is 0 Å². The lowest BCUT2D eigenvalue weighted by atomic mass is 10.2. The van der Waals surface area contributed by atoms with Gasteiger partial charge in [-0.2, -0.15) is 0 Å². The second-order valence-electron chi connectivity index (χ2n) is 6.10. The third-order valence-electron chi connectivity index (χ3n) is 4.21. The van der Waals surface area contributed by atoms with Gasteiger partial charge in [-0.3, -0.25) is 9.59 Å². The van der Waals surface area contributed by atoms with E-state index in [2.05, 4.69) is 15.5 Å². The van der Waals surface area contributed by atoms with Crippen LogP contribution in [0.25, 0.3) is 0 Å². The Kier molecular flexibility index (Phi) is 5.46. The molecule has 0 aliphatic carbocycles. The van der Waals surface area contributed by atoms with Crippen molar-refractivity contribution >= 4 is 23.2 Å². The summed E-state index contributed by atoms with van der Waals surface area (Å²) in [6.45, 7) is 1.76. The van der Waals surface area contributed by atoms with Crippen LogP contribution in [0.3, 0.4) is 0 Å². The van der Waals surface area contributed by atoms with E-state index in [1.54, 1.807) is 12.1 Å². The second-order valence-corrected chi connectivity index (χ2v) is 6.10. The first-order valence-electron chi connectivity index (χ1n) is 8.41. The SMILES string of the molecule is O=C(CNC(=O)c1ccc(F)cc1F)Nc1ccc(N2CCCC2)cc1. The number of nitrogens with one attached hydrogen (secondary N) is 2. The number of hydrogen-bond donors (Lipinski definition) is 2. The van der Waals surface area contributed by atoms with Crippen LogP contribution in [0.4, 0.5) is 20.2 Å². The summed E-state index contributed by atoms with van der Waals surface area (Å²) in [5.74, 6) is -2.95.